The normalized spacial score (nSPS) is 9.22. The van der Waals surface area contributed by atoms with Gasteiger partial charge in [-0.3, -0.25) is 0 Å². The molecular weight excluding hydrogens is 234 g/mol. The van der Waals surface area contributed by atoms with Crippen LogP contribution in [-0.2, 0) is 6.61 Å². The van der Waals surface area contributed by atoms with Gasteiger partial charge >= 0.3 is 6.09 Å². The van der Waals surface area contributed by atoms with Crippen LogP contribution < -0.4 is 5.32 Å². The number of carbonyl (C=O) groups is 1. The molecule has 0 spiro atoms. The van der Waals surface area contributed by atoms with E-state index < -0.39 is 6.09 Å². The van der Waals surface area contributed by atoms with Gasteiger partial charge in [0, 0.05) is 12.6 Å². The highest BCUT2D eigenvalue weighted by Gasteiger charge is 2.04. The molecule has 0 atom stereocenters. The van der Waals surface area contributed by atoms with Crippen LogP contribution in [0.15, 0.2) is 47.1 Å². The predicted octanol–water partition coefficient (Wildman–Crippen LogP) is 2.32. The van der Waals surface area contributed by atoms with Gasteiger partial charge in [0.25, 0.3) is 0 Å². The van der Waals surface area contributed by atoms with Gasteiger partial charge < -0.3 is 19.9 Å². The lowest BCUT2D eigenvalue weighted by Gasteiger charge is -2.02. The number of aliphatic hydroxyl groups is 1. The molecule has 0 aliphatic carbocycles. The third-order valence-electron chi connectivity index (χ3n) is 2.19. The van der Waals surface area contributed by atoms with Gasteiger partial charge in [-0.2, -0.15) is 0 Å². The quantitative estimate of drug-likeness (QED) is 0.762. The first-order chi connectivity index (χ1) is 8.69. The van der Waals surface area contributed by atoms with E-state index in [1.165, 1.54) is 7.05 Å². The first-order valence-corrected chi connectivity index (χ1v) is 5.32. The van der Waals surface area contributed by atoms with Crippen LogP contribution in [-0.4, -0.2) is 23.4 Å². The fourth-order valence-electron chi connectivity index (χ4n) is 1.33. The van der Waals surface area contributed by atoms with E-state index in [4.69, 9.17) is 14.6 Å². The Morgan fingerprint density at radius 1 is 1.28 bits per heavy atom. The van der Waals surface area contributed by atoms with E-state index >= 15 is 0 Å². The fraction of sp³-hybridized carbons (Fsp3) is 0.154. The first-order valence-electron chi connectivity index (χ1n) is 5.32. The number of aliphatic hydroxyl groups excluding tert-OH is 1. The molecular formula is C13H15NO4. The highest BCUT2D eigenvalue weighted by atomic mass is 16.4. The van der Waals surface area contributed by atoms with Crippen molar-refractivity contribution in [1.82, 2.24) is 5.32 Å². The summed E-state index contributed by atoms with van der Waals surface area (Å²) >= 11 is 0. The minimum Gasteiger partial charge on any atom is -0.465 e. The number of hydrogen-bond acceptors (Lipinski definition) is 3. The van der Waals surface area contributed by atoms with Gasteiger partial charge in [-0.15, -0.1) is 0 Å². The number of nitrogens with one attached hydrogen (secondary N) is 1. The van der Waals surface area contributed by atoms with Crippen LogP contribution in [0.4, 0.5) is 4.79 Å². The molecule has 1 aromatic heterocycles. The number of hydrogen-bond donors (Lipinski definition) is 3. The SMILES string of the molecule is CNC(=O)O.OCc1ccccc1-c1ccco1. The molecule has 5 heteroatoms. The molecule has 0 saturated heterocycles. The Kier molecular flexibility index (Phi) is 5.47. The van der Waals surface area contributed by atoms with Crippen molar-refractivity contribution in [2.75, 3.05) is 7.05 Å². The summed E-state index contributed by atoms with van der Waals surface area (Å²) in [6.45, 7) is 0.0386. The van der Waals surface area contributed by atoms with Crippen molar-refractivity contribution in [3.8, 4) is 11.3 Å². The summed E-state index contributed by atoms with van der Waals surface area (Å²) in [5.74, 6) is 0.796. The van der Waals surface area contributed by atoms with Gasteiger partial charge in [0.15, 0.2) is 0 Å². The Bertz CT molecular complexity index is 479. The lowest BCUT2D eigenvalue weighted by molar-refractivity contribution is 0.197. The topological polar surface area (TPSA) is 82.7 Å². The summed E-state index contributed by atoms with van der Waals surface area (Å²) in [6.07, 6.45) is 0.633. The maximum atomic E-state index is 9.26. The van der Waals surface area contributed by atoms with E-state index in [0.717, 1.165) is 16.9 Å². The number of amides is 1. The molecule has 0 fully saturated rings. The molecule has 18 heavy (non-hydrogen) atoms. The van der Waals surface area contributed by atoms with Crippen molar-refractivity contribution >= 4 is 6.09 Å². The van der Waals surface area contributed by atoms with Gasteiger partial charge in [-0.25, -0.2) is 4.79 Å². The highest BCUT2D eigenvalue weighted by molar-refractivity contribution is 5.63. The zero-order valence-corrected chi connectivity index (χ0v) is 9.96. The molecule has 96 valence electrons. The minimum absolute atomic E-state index is 0.0386. The van der Waals surface area contributed by atoms with Crippen molar-refractivity contribution in [3.05, 3.63) is 48.2 Å². The molecule has 3 N–H and O–H groups in total. The Labute approximate surface area is 105 Å². The molecule has 1 amide bonds. The van der Waals surface area contributed by atoms with Crippen LogP contribution in [0.2, 0.25) is 0 Å². The van der Waals surface area contributed by atoms with Gasteiger partial charge in [-0.05, 0) is 17.7 Å². The zero-order chi connectivity index (χ0) is 13.4. The van der Waals surface area contributed by atoms with Crippen molar-refractivity contribution in [2.45, 2.75) is 6.61 Å². The lowest BCUT2D eigenvalue weighted by atomic mass is 10.1. The van der Waals surface area contributed by atoms with Gasteiger partial charge in [0.05, 0.1) is 12.9 Å². The van der Waals surface area contributed by atoms with Gasteiger partial charge in [0.1, 0.15) is 5.76 Å². The third-order valence-corrected chi connectivity index (χ3v) is 2.19. The second-order valence-corrected chi connectivity index (χ2v) is 3.35. The summed E-state index contributed by atoms with van der Waals surface area (Å²) in [4.78, 5) is 9.26. The van der Waals surface area contributed by atoms with E-state index in [0.29, 0.717) is 0 Å². The minimum atomic E-state index is -0.995. The standard InChI is InChI=1S/C11H10O2.C2H5NO2/c12-8-9-4-1-2-5-10(9)11-6-3-7-13-11;1-3-2(4)5/h1-7,12H,8H2;3H,1H3,(H,4,5). The number of carboxylic acid groups (broad SMARTS) is 1. The highest BCUT2D eigenvalue weighted by Crippen LogP contribution is 2.23. The third kappa shape index (κ3) is 3.95. The molecule has 2 aromatic rings. The molecule has 1 heterocycles. The largest absolute Gasteiger partial charge is 0.465 e. The smallest absolute Gasteiger partial charge is 0.404 e. The van der Waals surface area contributed by atoms with Gasteiger partial charge in [-0.1, -0.05) is 24.3 Å². The van der Waals surface area contributed by atoms with E-state index in [9.17, 15) is 4.79 Å². The summed E-state index contributed by atoms with van der Waals surface area (Å²) < 4.78 is 5.25. The summed E-state index contributed by atoms with van der Waals surface area (Å²) in [6, 6.07) is 11.4. The average Bonchev–Trinajstić information content (AvgIpc) is 2.93. The van der Waals surface area contributed by atoms with E-state index in [1.807, 2.05) is 41.7 Å². The van der Waals surface area contributed by atoms with E-state index in [2.05, 4.69) is 0 Å². The van der Waals surface area contributed by atoms with E-state index in [-0.39, 0.29) is 6.61 Å². The van der Waals surface area contributed by atoms with Crippen LogP contribution in [0.1, 0.15) is 5.56 Å². The first kappa shape index (κ1) is 13.8. The molecule has 0 aliphatic rings. The summed E-state index contributed by atoms with van der Waals surface area (Å²) in [5.41, 5.74) is 1.84. The molecule has 1 aromatic carbocycles. The number of benzene rings is 1. The summed E-state index contributed by atoms with van der Waals surface area (Å²) in [5, 5.41) is 18.6. The lowest BCUT2D eigenvalue weighted by Crippen LogP contribution is -2.13. The van der Waals surface area contributed by atoms with Crippen LogP contribution in [0.5, 0.6) is 0 Å². The van der Waals surface area contributed by atoms with Gasteiger partial charge in [0.2, 0.25) is 0 Å². The molecule has 0 unspecified atom stereocenters. The Balaban J connectivity index is 0.000000280. The maximum Gasteiger partial charge on any atom is 0.404 e. The zero-order valence-electron chi connectivity index (χ0n) is 9.96. The van der Waals surface area contributed by atoms with Crippen LogP contribution in [0.3, 0.4) is 0 Å². The van der Waals surface area contributed by atoms with Crippen molar-refractivity contribution in [2.24, 2.45) is 0 Å². The second kappa shape index (κ2) is 7.13. The summed E-state index contributed by atoms with van der Waals surface area (Å²) in [7, 11) is 1.35. The monoisotopic (exact) mass is 249 g/mol. The molecule has 0 aliphatic heterocycles. The molecule has 0 saturated carbocycles. The molecule has 0 radical (unpaired) electrons. The van der Waals surface area contributed by atoms with Crippen molar-refractivity contribution in [3.63, 3.8) is 0 Å². The number of rotatable bonds is 2. The van der Waals surface area contributed by atoms with Crippen LogP contribution in [0, 0.1) is 0 Å². The molecule has 2 rings (SSSR count). The Hall–Kier alpha value is -2.27. The Morgan fingerprint density at radius 2 is 1.94 bits per heavy atom. The molecule has 5 nitrogen and oxygen atoms in total. The van der Waals surface area contributed by atoms with Crippen LogP contribution in [0.25, 0.3) is 11.3 Å². The maximum absolute atomic E-state index is 9.26. The van der Waals surface area contributed by atoms with E-state index in [1.54, 1.807) is 6.26 Å². The second-order valence-electron chi connectivity index (χ2n) is 3.35. The predicted molar refractivity (Wildman–Crippen MR) is 67.2 cm³/mol. The van der Waals surface area contributed by atoms with Crippen LogP contribution >= 0.6 is 0 Å². The average molecular weight is 249 g/mol. The Morgan fingerprint density at radius 3 is 2.44 bits per heavy atom. The fourth-order valence-corrected chi connectivity index (χ4v) is 1.33. The van der Waals surface area contributed by atoms with Crippen molar-refractivity contribution in [1.29, 1.82) is 0 Å². The number of furan rings is 1. The van der Waals surface area contributed by atoms with Crippen molar-refractivity contribution < 1.29 is 19.4 Å². The molecule has 0 bridgehead atoms.